The van der Waals surface area contributed by atoms with Crippen molar-refractivity contribution in [1.82, 2.24) is 0 Å². The van der Waals surface area contributed by atoms with E-state index >= 15 is 0 Å². The molecule has 0 bridgehead atoms. The average Bonchev–Trinajstić information content (AvgIpc) is 2.85. The van der Waals surface area contributed by atoms with Crippen molar-refractivity contribution in [2.75, 3.05) is 0 Å². The predicted octanol–water partition coefficient (Wildman–Crippen LogP) is 5.65. The van der Waals surface area contributed by atoms with Gasteiger partial charge in [-0.2, -0.15) is 5.82 Å². The van der Waals surface area contributed by atoms with Crippen molar-refractivity contribution in [2.45, 2.75) is 19.7 Å². The SMILES string of the molecule is CC(C)[B-](c1c(F)c(F)c(F)c(F)c1F)(c1c(F)c(F)c(F)c(F)c1F)c1c(F)c(F)c(F)c(F)c1F. The first kappa shape index (κ1) is 28.2. The summed E-state index contributed by atoms with van der Waals surface area (Å²) < 4.78 is 216. The van der Waals surface area contributed by atoms with Crippen LogP contribution >= 0.6 is 0 Å². The second-order valence-corrected chi connectivity index (χ2v) is 8.13. The normalized spacial score (nSPS) is 12.2. The van der Waals surface area contributed by atoms with E-state index in [9.17, 15) is 65.9 Å². The lowest BCUT2D eigenvalue weighted by Crippen LogP contribution is -2.74. The maximum atomic E-state index is 15.0. The average molecular weight is 555 g/mol. The van der Waals surface area contributed by atoms with E-state index in [1.54, 1.807) is 0 Å². The van der Waals surface area contributed by atoms with E-state index in [0.29, 0.717) is 13.8 Å². The number of hydrogen-bond donors (Lipinski definition) is 0. The maximum absolute atomic E-state index is 15.0. The Morgan fingerprint density at radius 3 is 0.568 bits per heavy atom. The number of halogens is 15. The number of hydrogen-bond acceptors (Lipinski definition) is 0. The highest BCUT2D eigenvalue weighted by molar-refractivity contribution is 7.12. The molecule has 3 aromatic rings. The fourth-order valence-corrected chi connectivity index (χ4v) is 4.50. The molecule has 0 aliphatic carbocycles. The third-order valence-corrected chi connectivity index (χ3v) is 6.10. The maximum Gasteiger partial charge on any atom is 0.200 e. The largest absolute Gasteiger partial charge is 0.207 e. The smallest absolute Gasteiger partial charge is 0.200 e. The first-order chi connectivity index (χ1) is 17.0. The number of rotatable bonds is 4. The van der Waals surface area contributed by atoms with Crippen LogP contribution in [0.1, 0.15) is 13.8 Å². The zero-order chi connectivity index (χ0) is 28.5. The molecule has 0 saturated carbocycles. The van der Waals surface area contributed by atoms with Gasteiger partial charge < -0.3 is 0 Å². The van der Waals surface area contributed by atoms with Crippen LogP contribution in [0.15, 0.2) is 0 Å². The summed E-state index contributed by atoms with van der Waals surface area (Å²) in [6, 6.07) is 0. The lowest BCUT2D eigenvalue weighted by Gasteiger charge is -2.47. The Bertz CT molecular complexity index is 1210. The minimum atomic E-state index is -5.47. The van der Waals surface area contributed by atoms with Crippen molar-refractivity contribution in [3.05, 3.63) is 87.3 Å². The first-order valence-electron chi connectivity index (χ1n) is 9.69. The molecule has 0 heterocycles. The van der Waals surface area contributed by atoms with E-state index in [4.69, 9.17) is 0 Å². The van der Waals surface area contributed by atoms with Crippen LogP contribution in [-0.2, 0) is 0 Å². The highest BCUT2D eigenvalue weighted by Gasteiger charge is 2.49. The zero-order valence-electron chi connectivity index (χ0n) is 17.8. The Hall–Kier alpha value is -3.33. The molecule has 0 saturated heterocycles. The van der Waals surface area contributed by atoms with Gasteiger partial charge in [0.25, 0.3) is 0 Å². The second-order valence-electron chi connectivity index (χ2n) is 8.13. The molecule has 3 rings (SSSR count). The van der Waals surface area contributed by atoms with Crippen LogP contribution in [0.2, 0.25) is 5.82 Å². The summed E-state index contributed by atoms with van der Waals surface area (Å²) in [5.74, 6) is -47.3. The predicted molar refractivity (Wildman–Crippen MR) is 98.5 cm³/mol. The molecule has 37 heavy (non-hydrogen) atoms. The Kier molecular flexibility index (Phi) is 7.03. The molecule has 0 aliphatic rings. The molecule has 0 radical (unpaired) electrons. The highest BCUT2D eigenvalue weighted by Crippen LogP contribution is 2.33. The third kappa shape index (κ3) is 3.58. The van der Waals surface area contributed by atoms with Crippen molar-refractivity contribution in [3.63, 3.8) is 0 Å². The van der Waals surface area contributed by atoms with Gasteiger partial charge in [0, 0.05) is 0 Å². The van der Waals surface area contributed by atoms with Crippen LogP contribution in [0.4, 0.5) is 65.9 Å². The fourth-order valence-electron chi connectivity index (χ4n) is 4.50. The van der Waals surface area contributed by atoms with Crippen molar-refractivity contribution in [3.8, 4) is 0 Å². The summed E-state index contributed by atoms with van der Waals surface area (Å²) in [5, 5.41) is 0. The van der Waals surface area contributed by atoms with E-state index in [1.165, 1.54) is 0 Å². The number of benzene rings is 3. The Morgan fingerprint density at radius 1 is 0.297 bits per heavy atom. The van der Waals surface area contributed by atoms with Gasteiger partial charge in [-0.15, -0.1) is 16.4 Å². The molecule has 0 unspecified atom stereocenters. The lowest BCUT2D eigenvalue weighted by atomic mass is 9.10. The van der Waals surface area contributed by atoms with Crippen molar-refractivity contribution in [2.24, 2.45) is 0 Å². The Balaban J connectivity index is 2.90. The van der Waals surface area contributed by atoms with Gasteiger partial charge in [0.15, 0.2) is 52.4 Å². The summed E-state index contributed by atoms with van der Waals surface area (Å²) in [6.45, 7) is 0.961. The summed E-state index contributed by atoms with van der Waals surface area (Å²) in [4.78, 5) is 0. The Labute approximate surface area is 196 Å². The Morgan fingerprint density at radius 2 is 0.432 bits per heavy atom. The van der Waals surface area contributed by atoms with E-state index < -0.39 is 116 Å². The lowest BCUT2D eigenvalue weighted by molar-refractivity contribution is 0.379. The van der Waals surface area contributed by atoms with Crippen LogP contribution in [0.3, 0.4) is 0 Å². The zero-order valence-corrected chi connectivity index (χ0v) is 17.8. The summed E-state index contributed by atoms with van der Waals surface area (Å²) >= 11 is 0. The summed E-state index contributed by atoms with van der Waals surface area (Å²) in [5.41, 5.74) is -7.80. The monoisotopic (exact) mass is 555 g/mol. The quantitative estimate of drug-likeness (QED) is 0.169. The molecule has 0 fully saturated rings. The second kappa shape index (κ2) is 9.21. The molecule has 3 aromatic carbocycles. The molecular weight excluding hydrogens is 548 g/mol. The third-order valence-electron chi connectivity index (χ3n) is 6.10. The molecular formula is C21H7BF15-. The first-order valence-corrected chi connectivity index (χ1v) is 9.69. The molecule has 0 aliphatic heterocycles. The standard InChI is InChI=1S/C21H7BF15/c1-3(2)22(4-7(23)13(29)19(35)14(30)8(4)24,5-9(25)15(31)20(36)16(32)10(5)26)6-11(27)17(33)21(37)18(34)12(6)28/h3H,1-2H3/q-1. The van der Waals surface area contributed by atoms with E-state index in [2.05, 4.69) is 0 Å². The van der Waals surface area contributed by atoms with Crippen molar-refractivity contribution >= 4 is 22.5 Å². The van der Waals surface area contributed by atoms with Gasteiger partial charge in [0.2, 0.25) is 0 Å². The topological polar surface area (TPSA) is 0 Å². The minimum absolute atomic E-state index is 0.480. The molecule has 16 heteroatoms. The van der Waals surface area contributed by atoms with Crippen LogP contribution in [0.5, 0.6) is 0 Å². The molecule has 200 valence electrons. The van der Waals surface area contributed by atoms with Gasteiger partial charge in [-0.25, -0.2) is 65.9 Å². The van der Waals surface area contributed by atoms with E-state index in [1.807, 2.05) is 0 Å². The molecule has 0 spiro atoms. The molecule has 0 nitrogen and oxygen atoms in total. The summed E-state index contributed by atoms with van der Waals surface area (Å²) in [7, 11) is 0. The van der Waals surface area contributed by atoms with Gasteiger partial charge in [-0.05, 0) is 0 Å². The highest BCUT2D eigenvalue weighted by atomic mass is 19.2. The van der Waals surface area contributed by atoms with Crippen molar-refractivity contribution in [1.29, 1.82) is 0 Å². The van der Waals surface area contributed by atoms with Crippen LogP contribution in [0, 0.1) is 87.3 Å². The molecule has 0 N–H and O–H groups in total. The van der Waals surface area contributed by atoms with Crippen LogP contribution < -0.4 is 16.4 Å². The van der Waals surface area contributed by atoms with Gasteiger partial charge >= 0.3 is 0 Å². The van der Waals surface area contributed by atoms with Gasteiger partial charge in [0.1, 0.15) is 41.0 Å². The molecule has 0 amide bonds. The molecule has 0 aromatic heterocycles. The minimum Gasteiger partial charge on any atom is -0.207 e. The van der Waals surface area contributed by atoms with Crippen LogP contribution in [0.25, 0.3) is 0 Å². The van der Waals surface area contributed by atoms with Gasteiger partial charge in [-0.3, -0.25) is 0 Å². The fraction of sp³-hybridized carbons (Fsp3) is 0.143. The van der Waals surface area contributed by atoms with Gasteiger partial charge in [-0.1, -0.05) is 13.8 Å². The molecule has 0 atom stereocenters. The summed E-state index contributed by atoms with van der Waals surface area (Å²) in [6.07, 6.45) is -5.47. The van der Waals surface area contributed by atoms with E-state index in [0.717, 1.165) is 0 Å². The van der Waals surface area contributed by atoms with E-state index in [-0.39, 0.29) is 0 Å². The van der Waals surface area contributed by atoms with Gasteiger partial charge in [0.05, 0.1) is 0 Å². The van der Waals surface area contributed by atoms with Crippen LogP contribution in [-0.4, -0.2) is 6.15 Å². The van der Waals surface area contributed by atoms with Crippen molar-refractivity contribution < 1.29 is 65.9 Å².